The van der Waals surface area contributed by atoms with Gasteiger partial charge in [-0.2, -0.15) is 12.6 Å². The van der Waals surface area contributed by atoms with Crippen LogP contribution in [0.3, 0.4) is 0 Å². The molecule has 3 rings (SSSR count). The monoisotopic (exact) mass is 495 g/mol. The van der Waals surface area contributed by atoms with Gasteiger partial charge in [0.2, 0.25) is 17.7 Å². The Morgan fingerprint density at radius 2 is 2.09 bits per heavy atom. The summed E-state index contributed by atoms with van der Waals surface area (Å²) < 4.78 is 0. The van der Waals surface area contributed by atoms with Crippen LogP contribution in [0.2, 0.25) is 0 Å². The lowest BCUT2D eigenvalue weighted by Crippen LogP contribution is -2.56. The van der Waals surface area contributed by atoms with E-state index in [1.807, 2.05) is 31.4 Å². The Morgan fingerprint density at radius 1 is 1.31 bits per heavy atom. The van der Waals surface area contributed by atoms with Crippen molar-refractivity contribution in [2.45, 2.75) is 57.8 Å². The number of aliphatic imine (C=N–C) groups is 1. The molecule has 4 bridgehead atoms. The molecule has 0 saturated heterocycles. The number of rotatable bonds is 4. The lowest BCUT2D eigenvalue weighted by atomic mass is 9.99. The van der Waals surface area contributed by atoms with E-state index in [1.165, 1.54) is 23.1 Å². The number of hydrogen-bond donors (Lipinski definition) is 4. The number of amides is 3. The van der Waals surface area contributed by atoms with E-state index >= 15 is 0 Å². The number of carbonyl (C=O) groups is 3. The summed E-state index contributed by atoms with van der Waals surface area (Å²) in [6, 6.07) is -1.24. The van der Waals surface area contributed by atoms with E-state index in [0.29, 0.717) is 28.8 Å². The van der Waals surface area contributed by atoms with Gasteiger partial charge in [0.25, 0.3) is 0 Å². The number of nitrogens with zero attached hydrogens (tertiary/aromatic N) is 2. The third-order valence-electron chi connectivity index (χ3n) is 5.17. The number of fused-ring (bicyclic) bond motifs is 4. The normalized spacial score (nSPS) is 27.3. The highest BCUT2D eigenvalue weighted by Gasteiger charge is 2.41. The van der Waals surface area contributed by atoms with Crippen LogP contribution in [0.1, 0.15) is 44.3 Å². The standard InChI is InChI=1S/C21H29N5O3S3/c1-12(2)17-18(28)23-13(6-4-5-7-30)8-15(27)22-9-16-24-14(10-31-16)19-26-21(3,11-32-19)20(29)25-17/h4,6,10,12-13,17,30H,5,7-9,11H2,1-3H3,(H,22,27)(H,23,28)(H,25,29)/b6-4+/t13-,17?,21+/m1/s1. The van der Waals surface area contributed by atoms with Crippen LogP contribution in [-0.2, 0) is 20.9 Å². The predicted molar refractivity (Wildman–Crippen MR) is 132 cm³/mol. The summed E-state index contributed by atoms with van der Waals surface area (Å²) in [6.07, 6.45) is 4.52. The molecule has 3 amide bonds. The van der Waals surface area contributed by atoms with Crippen molar-refractivity contribution in [1.82, 2.24) is 20.9 Å². The van der Waals surface area contributed by atoms with Crippen LogP contribution in [0.15, 0.2) is 22.5 Å². The fourth-order valence-corrected chi connectivity index (χ4v) is 5.36. The van der Waals surface area contributed by atoms with Gasteiger partial charge in [0, 0.05) is 11.1 Å². The Morgan fingerprint density at radius 3 is 2.81 bits per heavy atom. The quantitative estimate of drug-likeness (QED) is 0.377. The molecule has 0 aromatic carbocycles. The molecule has 0 radical (unpaired) electrons. The van der Waals surface area contributed by atoms with Crippen molar-refractivity contribution in [3.63, 3.8) is 0 Å². The van der Waals surface area contributed by atoms with Crippen LogP contribution in [-0.4, -0.2) is 56.9 Å². The maximum Gasteiger partial charge on any atom is 0.249 e. The first kappa shape index (κ1) is 24.8. The average Bonchev–Trinajstić information content (AvgIpc) is 3.37. The summed E-state index contributed by atoms with van der Waals surface area (Å²) in [4.78, 5) is 48.0. The predicted octanol–water partition coefficient (Wildman–Crippen LogP) is 1.92. The maximum atomic E-state index is 13.1. The average molecular weight is 496 g/mol. The number of thiazole rings is 1. The van der Waals surface area contributed by atoms with E-state index in [4.69, 9.17) is 0 Å². The topological polar surface area (TPSA) is 113 Å². The molecule has 0 fully saturated rings. The second-order valence-corrected chi connectivity index (χ2v) is 10.7. The first-order valence-electron chi connectivity index (χ1n) is 10.5. The summed E-state index contributed by atoms with van der Waals surface area (Å²) in [5.74, 6) is 0.181. The van der Waals surface area contributed by atoms with Gasteiger partial charge >= 0.3 is 0 Å². The van der Waals surface area contributed by atoms with E-state index in [-0.39, 0.29) is 30.1 Å². The SMILES string of the molecule is CC(C)C1NC(=O)[C@]2(C)CSC(=N2)c2csc(n2)CNC(=O)C[C@@H](/C=C/CCS)NC1=O. The van der Waals surface area contributed by atoms with Crippen LogP contribution in [0.5, 0.6) is 0 Å². The van der Waals surface area contributed by atoms with E-state index in [0.717, 1.165) is 11.4 Å². The van der Waals surface area contributed by atoms with Crippen LogP contribution in [0.4, 0.5) is 0 Å². The molecule has 1 unspecified atom stereocenters. The zero-order valence-corrected chi connectivity index (χ0v) is 20.9. The Hall–Kier alpha value is -1.85. The summed E-state index contributed by atoms with van der Waals surface area (Å²) in [6.45, 7) is 5.82. The van der Waals surface area contributed by atoms with Crippen LogP contribution < -0.4 is 16.0 Å². The molecule has 174 valence electrons. The molecule has 3 atom stereocenters. The molecular weight excluding hydrogens is 466 g/mol. The number of hydrogen-bond acceptors (Lipinski definition) is 8. The van der Waals surface area contributed by atoms with Gasteiger partial charge in [-0.25, -0.2) is 4.98 Å². The molecule has 0 aliphatic carbocycles. The van der Waals surface area contributed by atoms with Crippen molar-refractivity contribution in [3.8, 4) is 0 Å². The molecule has 1 aromatic heterocycles. The first-order valence-corrected chi connectivity index (χ1v) is 13.0. The molecule has 8 nitrogen and oxygen atoms in total. The molecule has 2 aliphatic heterocycles. The zero-order chi connectivity index (χ0) is 23.3. The molecule has 0 spiro atoms. The molecule has 3 heterocycles. The number of nitrogens with one attached hydrogen (secondary N) is 3. The minimum Gasteiger partial charge on any atom is -0.350 e. The van der Waals surface area contributed by atoms with Crippen molar-refractivity contribution < 1.29 is 14.4 Å². The van der Waals surface area contributed by atoms with Gasteiger partial charge in [0.1, 0.15) is 27.3 Å². The van der Waals surface area contributed by atoms with E-state index in [2.05, 4.69) is 38.6 Å². The summed E-state index contributed by atoms with van der Waals surface area (Å²) >= 11 is 7.11. The highest BCUT2D eigenvalue weighted by Crippen LogP contribution is 2.32. The number of allylic oxidation sites excluding steroid dienone is 1. The summed E-state index contributed by atoms with van der Waals surface area (Å²) in [5, 5.41) is 12.0. The molecular formula is C21H29N5O3S3. The second kappa shape index (κ2) is 10.8. The second-order valence-electron chi connectivity index (χ2n) is 8.34. The van der Waals surface area contributed by atoms with E-state index in [1.54, 1.807) is 6.92 Å². The fourth-order valence-electron chi connectivity index (χ4n) is 3.29. The molecule has 2 aliphatic rings. The van der Waals surface area contributed by atoms with Crippen molar-refractivity contribution in [3.05, 3.63) is 28.2 Å². The zero-order valence-electron chi connectivity index (χ0n) is 18.4. The molecule has 32 heavy (non-hydrogen) atoms. The molecule has 3 N–H and O–H groups in total. The van der Waals surface area contributed by atoms with Crippen molar-refractivity contribution >= 4 is 58.5 Å². The minimum atomic E-state index is -0.978. The van der Waals surface area contributed by atoms with Crippen molar-refractivity contribution in [1.29, 1.82) is 0 Å². The maximum absolute atomic E-state index is 13.1. The Kier molecular flexibility index (Phi) is 8.40. The van der Waals surface area contributed by atoms with Gasteiger partial charge in [-0.15, -0.1) is 23.1 Å². The Labute approximate surface area is 201 Å². The smallest absolute Gasteiger partial charge is 0.249 e. The van der Waals surface area contributed by atoms with Crippen LogP contribution in [0.25, 0.3) is 0 Å². The lowest BCUT2D eigenvalue weighted by molar-refractivity contribution is -0.132. The van der Waals surface area contributed by atoms with Gasteiger partial charge in [0.05, 0.1) is 19.0 Å². The largest absolute Gasteiger partial charge is 0.350 e. The van der Waals surface area contributed by atoms with Gasteiger partial charge in [-0.3, -0.25) is 19.4 Å². The van der Waals surface area contributed by atoms with Gasteiger partial charge < -0.3 is 16.0 Å². The lowest BCUT2D eigenvalue weighted by Gasteiger charge is -2.27. The number of carbonyl (C=O) groups excluding carboxylic acids is 3. The third-order valence-corrected chi connectivity index (χ3v) is 7.56. The Balaban J connectivity index is 1.92. The van der Waals surface area contributed by atoms with Gasteiger partial charge in [-0.1, -0.05) is 26.0 Å². The Bertz CT molecular complexity index is 930. The van der Waals surface area contributed by atoms with E-state index < -0.39 is 17.6 Å². The summed E-state index contributed by atoms with van der Waals surface area (Å²) in [7, 11) is 0. The highest BCUT2D eigenvalue weighted by molar-refractivity contribution is 8.14. The highest BCUT2D eigenvalue weighted by atomic mass is 32.2. The van der Waals surface area contributed by atoms with Crippen LogP contribution >= 0.6 is 35.7 Å². The number of thiol groups is 1. The molecule has 1 aromatic rings. The summed E-state index contributed by atoms with van der Waals surface area (Å²) in [5.41, 5.74) is -0.271. The molecule has 11 heteroatoms. The first-order chi connectivity index (χ1) is 15.2. The van der Waals surface area contributed by atoms with E-state index in [9.17, 15) is 14.4 Å². The fraction of sp³-hybridized carbons (Fsp3) is 0.571. The third kappa shape index (κ3) is 6.14. The molecule has 0 saturated carbocycles. The van der Waals surface area contributed by atoms with Crippen molar-refractivity contribution in [2.75, 3.05) is 11.5 Å². The minimum absolute atomic E-state index is 0.0894. The van der Waals surface area contributed by atoms with Gasteiger partial charge in [0.15, 0.2) is 0 Å². The van der Waals surface area contributed by atoms with Crippen LogP contribution in [0, 0.1) is 5.92 Å². The number of aromatic nitrogens is 1. The van der Waals surface area contributed by atoms with Crippen molar-refractivity contribution in [2.24, 2.45) is 10.9 Å². The van der Waals surface area contributed by atoms with Gasteiger partial charge in [-0.05, 0) is 25.0 Å². The number of thioether (sulfide) groups is 1.